The normalized spacial score (nSPS) is 28.6. The monoisotopic (exact) mass is 299 g/mol. The molecule has 3 heteroatoms. The van der Waals surface area contributed by atoms with E-state index in [-0.39, 0.29) is 11.8 Å². The first-order chi connectivity index (χ1) is 10.6. The van der Waals surface area contributed by atoms with Gasteiger partial charge in [-0.2, -0.15) is 0 Å². The van der Waals surface area contributed by atoms with Crippen molar-refractivity contribution in [3.8, 4) is 0 Å². The van der Waals surface area contributed by atoms with Gasteiger partial charge in [-0.3, -0.25) is 4.79 Å². The first-order valence-corrected chi connectivity index (χ1v) is 8.33. The molecule has 3 nitrogen and oxygen atoms in total. The second-order valence-electron chi connectivity index (χ2n) is 6.82. The Morgan fingerprint density at radius 1 is 1.27 bits per heavy atom. The van der Waals surface area contributed by atoms with E-state index < -0.39 is 5.60 Å². The number of carbonyl (C=O) groups is 1. The molecule has 1 heterocycles. The zero-order valence-electron chi connectivity index (χ0n) is 13.3. The molecule has 118 valence electrons. The molecule has 1 amide bonds. The van der Waals surface area contributed by atoms with Gasteiger partial charge in [0.1, 0.15) is 0 Å². The highest BCUT2D eigenvalue weighted by molar-refractivity contribution is 5.91. The summed E-state index contributed by atoms with van der Waals surface area (Å²) in [5, 5.41) is 10.7. The molecule has 0 aromatic heterocycles. The SMILES string of the molecule is Cc1ccc(C=CC(=O)N2CC[C@@]3(O)CCCC[C@H]3C2)cc1. The first-order valence-electron chi connectivity index (χ1n) is 8.33. The smallest absolute Gasteiger partial charge is 0.246 e. The standard InChI is InChI=1S/C19H25NO2/c1-15-5-7-16(8-6-15)9-10-18(21)20-13-12-19(22)11-3-2-4-17(19)14-20/h5-10,17,22H,2-4,11-14H2,1H3/t17-,19-/m0/s1. The lowest BCUT2D eigenvalue weighted by Crippen LogP contribution is -2.54. The van der Waals surface area contributed by atoms with E-state index in [1.54, 1.807) is 6.08 Å². The van der Waals surface area contributed by atoms with Gasteiger partial charge in [0.2, 0.25) is 5.91 Å². The summed E-state index contributed by atoms with van der Waals surface area (Å²) < 4.78 is 0. The molecule has 1 aliphatic carbocycles. The number of carbonyl (C=O) groups excluding carboxylic acids is 1. The molecule has 22 heavy (non-hydrogen) atoms. The molecule has 2 atom stereocenters. The number of piperidine rings is 1. The van der Waals surface area contributed by atoms with Crippen LogP contribution in [0.2, 0.25) is 0 Å². The molecular formula is C19H25NO2. The van der Waals surface area contributed by atoms with Crippen LogP contribution in [-0.4, -0.2) is 34.6 Å². The second kappa shape index (κ2) is 6.25. The zero-order valence-corrected chi connectivity index (χ0v) is 13.3. The Morgan fingerprint density at radius 2 is 2.05 bits per heavy atom. The highest BCUT2D eigenvalue weighted by Gasteiger charge is 2.43. The third kappa shape index (κ3) is 3.25. The van der Waals surface area contributed by atoms with E-state index in [9.17, 15) is 9.90 Å². The van der Waals surface area contributed by atoms with Crippen molar-refractivity contribution in [3.05, 3.63) is 41.5 Å². The van der Waals surface area contributed by atoms with Gasteiger partial charge in [-0.15, -0.1) is 0 Å². The molecule has 1 aliphatic heterocycles. The molecule has 2 fully saturated rings. The van der Waals surface area contributed by atoms with Crippen molar-refractivity contribution in [3.63, 3.8) is 0 Å². The summed E-state index contributed by atoms with van der Waals surface area (Å²) in [6.45, 7) is 3.43. The maximum Gasteiger partial charge on any atom is 0.246 e. The molecular weight excluding hydrogens is 274 g/mol. The zero-order chi connectivity index (χ0) is 15.6. The van der Waals surface area contributed by atoms with Crippen LogP contribution in [0, 0.1) is 12.8 Å². The Labute approximate surface area is 132 Å². The molecule has 1 N–H and O–H groups in total. The quantitative estimate of drug-likeness (QED) is 0.852. The van der Waals surface area contributed by atoms with Gasteiger partial charge in [0.05, 0.1) is 5.60 Å². The van der Waals surface area contributed by atoms with E-state index in [4.69, 9.17) is 0 Å². The van der Waals surface area contributed by atoms with Crippen LogP contribution in [0.1, 0.15) is 43.2 Å². The Bertz CT molecular complexity index is 563. The number of rotatable bonds is 2. The van der Waals surface area contributed by atoms with Gasteiger partial charge in [0, 0.05) is 25.1 Å². The Balaban J connectivity index is 1.62. The summed E-state index contributed by atoms with van der Waals surface area (Å²) in [5.74, 6) is 0.319. The van der Waals surface area contributed by atoms with E-state index in [1.807, 2.05) is 35.2 Å². The van der Waals surface area contributed by atoms with Crippen LogP contribution in [0.5, 0.6) is 0 Å². The van der Waals surface area contributed by atoms with Gasteiger partial charge < -0.3 is 10.0 Å². The average molecular weight is 299 g/mol. The Hall–Kier alpha value is -1.61. The molecule has 2 aliphatic rings. The van der Waals surface area contributed by atoms with Gasteiger partial charge in [-0.25, -0.2) is 0 Å². The lowest BCUT2D eigenvalue weighted by atomic mass is 9.71. The van der Waals surface area contributed by atoms with Gasteiger partial charge in [0.25, 0.3) is 0 Å². The number of hydrogen-bond acceptors (Lipinski definition) is 2. The highest BCUT2D eigenvalue weighted by Crippen LogP contribution is 2.39. The molecule has 0 radical (unpaired) electrons. The largest absolute Gasteiger partial charge is 0.389 e. The molecule has 0 bridgehead atoms. The molecule has 1 saturated heterocycles. The van der Waals surface area contributed by atoms with Crippen LogP contribution in [0.15, 0.2) is 30.3 Å². The van der Waals surface area contributed by atoms with Crippen molar-refractivity contribution < 1.29 is 9.90 Å². The number of amides is 1. The summed E-state index contributed by atoms with van der Waals surface area (Å²) in [7, 11) is 0. The van der Waals surface area contributed by atoms with Crippen LogP contribution < -0.4 is 0 Å². The number of fused-ring (bicyclic) bond motifs is 1. The number of likely N-dealkylation sites (tertiary alicyclic amines) is 1. The van der Waals surface area contributed by atoms with Crippen molar-refractivity contribution in [2.45, 2.75) is 44.6 Å². The van der Waals surface area contributed by atoms with E-state index in [0.29, 0.717) is 13.1 Å². The van der Waals surface area contributed by atoms with Gasteiger partial charge >= 0.3 is 0 Å². The van der Waals surface area contributed by atoms with Crippen molar-refractivity contribution in [1.29, 1.82) is 0 Å². The highest BCUT2D eigenvalue weighted by atomic mass is 16.3. The minimum Gasteiger partial charge on any atom is -0.389 e. The Kier molecular flexibility index (Phi) is 4.34. The summed E-state index contributed by atoms with van der Waals surface area (Å²) in [6.07, 6.45) is 8.51. The fourth-order valence-electron chi connectivity index (χ4n) is 3.72. The van der Waals surface area contributed by atoms with Crippen molar-refractivity contribution in [2.24, 2.45) is 5.92 Å². The number of aliphatic hydroxyl groups is 1. The summed E-state index contributed by atoms with van der Waals surface area (Å²) in [4.78, 5) is 14.3. The van der Waals surface area contributed by atoms with Crippen LogP contribution in [0.3, 0.4) is 0 Å². The molecule has 3 rings (SSSR count). The first kappa shape index (κ1) is 15.3. The van der Waals surface area contributed by atoms with E-state index in [1.165, 1.54) is 12.0 Å². The molecule has 0 spiro atoms. The minimum atomic E-state index is -0.518. The molecule has 0 unspecified atom stereocenters. The summed E-state index contributed by atoms with van der Waals surface area (Å²) >= 11 is 0. The lowest BCUT2D eigenvalue weighted by molar-refractivity contribution is -0.138. The van der Waals surface area contributed by atoms with E-state index in [2.05, 4.69) is 6.92 Å². The number of aryl methyl sites for hydroxylation is 1. The summed E-state index contributed by atoms with van der Waals surface area (Å²) in [5.41, 5.74) is 1.75. The van der Waals surface area contributed by atoms with E-state index >= 15 is 0 Å². The molecule has 1 saturated carbocycles. The van der Waals surface area contributed by atoms with Gasteiger partial charge in [-0.1, -0.05) is 42.7 Å². The maximum atomic E-state index is 12.4. The van der Waals surface area contributed by atoms with Crippen molar-refractivity contribution in [2.75, 3.05) is 13.1 Å². The minimum absolute atomic E-state index is 0.0631. The molecule has 1 aromatic carbocycles. The summed E-state index contributed by atoms with van der Waals surface area (Å²) in [6, 6.07) is 8.14. The average Bonchev–Trinajstić information content (AvgIpc) is 2.53. The third-order valence-corrected chi connectivity index (χ3v) is 5.24. The Morgan fingerprint density at radius 3 is 2.82 bits per heavy atom. The van der Waals surface area contributed by atoms with Crippen molar-refractivity contribution >= 4 is 12.0 Å². The molecule has 1 aromatic rings. The van der Waals surface area contributed by atoms with Crippen LogP contribution in [0.4, 0.5) is 0 Å². The lowest BCUT2D eigenvalue weighted by Gasteiger charge is -2.47. The third-order valence-electron chi connectivity index (χ3n) is 5.24. The van der Waals surface area contributed by atoms with Crippen LogP contribution in [0.25, 0.3) is 6.08 Å². The van der Waals surface area contributed by atoms with Crippen LogP contribution >= 0.6 is 0 Å². The second-order valence-corrected chi connectivity index (χ2v) is 6.82. The maximum absolute atomic E-state index is 12.4. The fraction of sp³-hybridized carbons (Fsp3) is 0.526. The number of hydrogen-bond donors (Lipinski definition) is 1. The van der Waals surface area contributed by atoms with Crippen LogP contribution in [-0.2, 0) is 4.79 Å². The predicted octanol–water partition coefficient (Wildman–Crippen LogP) is 3.16. The predicted molar refractivity (Wildman–Crippen MR) is 88.3 cm³/mol. The number of nitrogens with zero attached hydrogens (tertiary/aromatic N) is 1. The van der Waals surface area contributed by atoms with E-state index in [0.717, 1.165) is 31.2 Å². The topological polar surface area (TPSA) is 40.5 Å². The van der Waals surface area contributed by atoms with Crippen molar-refractivity contribution in [1.82, 2.24) is 4.90 Å². The van der Waals surface area contributed by atoms with Gasteiger partial charge in [-0.05, 0) is 37.8 Å². The van der Waals surface area contributed by atoms with Gasteiger partial charge in [0.15, 0.2) is 0 Å². The fourth-order valence-corrected chi connectivity index (χ4v) is 3.72. The number of benzene rings is 1.